The van der Waals surface area contributed by atoms with E-state index in [0.717, 1.165) is 45.1 Å². The third kappa shape index (κ3) is 4.67. The van der Waals surface area contributed by atoms with Crippen LogP contribution in [0.25, 0.3) is 0 Å². The highest BCUT2D eigenvalue weighted by molar-refractivity contribution is 5.29. The summed E-state index contributed by atoms with van der Waals surface area (Å²) in [6.07, 6.45) is -2.68. The molecule has 1 heterocycles. The summed E-state index contributed by atoms with van der Waals surface area (Å²) in [5.41, 5.74) is -0.475. The normalized spacial score (nSPS) is 19.6. The van der Waals surface area contributed by atoms with Crippen LogP contribution < -0.4 is 5.32 Å². The number of benzene rings is 1. The standard InChI is InChI=1S/C17H24F4N2/c1-3-4-12(2)16(23-7-5-22-6-8-23)13-9-14(17(19,20)21)11-15(18)10-13/h9-12,16,22H,3-8H2,1-2H3/t12?,16-/m1/s1. The molecule has 0 amide bonds. The molecule has 1 aromatic rings. The van der Waals surface area contributed by atoms with Crippen LogP contribution in [0, 0.1) is 11.7 Å². The highest BCUT2D eigenvalue weighted by Crippen LogP contribution is 2.36. The lowest BCUT2D eigenvalue weighted by atomic mass is 9.88. The smallest absolute Gasteiger partial charge is 0.314 e. The van der Waals surface area contributed by atoms with Crippen LogP contribution >= 0.6 is 0 Å². The van der Waals surface area contributed by atoms with Gasteiger partial charge in [-0.25, -0.2) is 4.39 Å². The molecule has 6 heteroatoms. The maximum absolute atomic E-state index is 13.8. The molecule has 0 aliphatic carbocycles. The maximum Gasteiger partial charge on any atom is 0.416 e. The zero-order chi connectivity index (χ0) is 17.0. The summed E-state index contributed by atoms with van der Waals surface area (Å²) in [5.74, 6) is -0.653. The van der Waals surface area contributed by atoms with Crippen LogP contribution in [0.2, 0.25) is 0 Å². The summed E-state index contributed by atoms with van der Waals surface area (Å²) in [4.78, 5) is 2.17. The average molecular weight is 332 g/mol. The molecule has 0 bridgehead atoms. The summed E-state index contributed by atoms with van der Waals surface area (Å²) in [7, 11) is 0. The summed E-state index contributed by atoms with van der Waals surface area (Å²) in [6.45, 7) is 7.22. The van der Waals surface area contributed by atoms with Crippen molar-refractivity contribution in [1.29, 1.82) is 0 Å². The molecule has 1 unspecified atom stereocenters. The minimum absolute atomic E-state index is 0.168. The van der Waals surface area contributed by atoms with Crippen molar-refractivity contribution in [1.82, 2.24) is 10.2 Å². The van der Waals surface area contributed by atoms with Gasteiger partial charge in [-0.3, -0.25) is 4.90 Å². The van der Waals surface area contributed by atoms with Crippen LogP contribution in [0.4, 0.5) is 17.6 Å². The zero-order valence-corrected chi connectivity index (χ0v) is 13.6. The van der Waals surface area contributed by atoms with Gasteiger partial charge in [0.25, 0.3) is 0 Å². The van der Waals surface area contributed by atoms with Crippen molar-refractivity contribution in [3.63, 3.8) is 0 Å². The molecule has 1 aliphatic heterocycles. The molecular weight excluding hydrogens is 308 g/mol. The highest BCUT2D eigenvalue weighted by atomic mass is 19.4. The van der Waals surface area contributed by atoms with Gasteiger partial charge in [-0.1, -0.05) is 20.3 Å². The topological polar surface area (TPSA) is 15.3 Å². The fourth-order valence-corrected chi connectivity index (χ4v) is 3.42. The largest absolute Gasteiger partial charge is 0.416 e. The zero-order valence-electron chi connectivity index (χ0n) is 13.6. The van der Waals surface area contributed by atoms with E-state index in [2.05, 4.69) is 17.1 Å². The second-order valence-corrected chi connectivity index (χ2v) is 6.27. The monoisotopic (exact) mass is 332 g/mol. The maximum atomic E-state index is 13.8. The fraction of sp³-hybridized carbons (Fsp3) is 0.647. The molecule has 2 rings (SSSR count). The molecule has 0 saturated carbocycles. The third-order valence-electron chi connectivity index (χ3n) is 4.42. The number of halogens is 4. The number of alkyl halides is 3. The molecule has 130 valence electrons. The van der Waals surface area contributed by atoms with Crippen molar-refractivity contribution < 1.29 is 17.6 Å². The molecule has 23 heavy (non-hydrogen) atoms. The lowest BCUT2D eigenvalue weighted by Gasteiger charge is -2.39. The molecule has 0 spiro atoms. The van der Waals surface area contributed by atoms with Gasteiger partial charge in [-0.15, -0.1) is 0 Å². The van der Waals surface area contributed by atoms with Crippen LogP contribution in [0.1, 0.15) is 43.9 Å². The molecule has 1 aliphatic rings. The van der Waals surface area contributed by atoms with Crippen LogP contribution in [0.5, 0.6) is 0 Å². The van der Waals surface area contributed by atoms with Gasteiger partial charge in [0.05, 0.1) is 5.56 Å². The van der Waals surface area contributed by atoms with E-state index in [0.29, 0.717) is 11.6 Å². The second-order valence-electron chi connectivity index (χ2n) is 6.27. The molecule has 1 saturated heterocycles. The molecule has 1 aromatic carbocycles. The van der Waals surface area contributed by atoms with E-state index in [1.54, 1.807) is 0 Å². The van der Waals surface area contributed by atoms with Crippen molar-refractivity contribution in [2.75, 3.05) is 26.2 Å². The van der Waals surface area contributed by atoms with E-state index in [-0.39, 0.29) is 12.0 Å². The van der Waals surface area contributed by atoms with Crippen molar-refractivity contribution in [3.05, 3.63) is 35.1 Å². The van der Waals surface area contributed by atoms with E-state index in [9.17, 15) is 17.6 Å². The molecule has 1 fully saturated rings. The molecule has 0 aromatic heterocycles. The van der Waals surface area contributed by atoms with Crippen molar-refractivity contribution in [2.24, 2.45) is 5.92 Å². The first-order valence-corrected chi connectivity index (χ1v) is 8.15. The Labute approximate surface area is 134 Å². The molecule has 2 atom stereocenters. The van der Waals surface area contributed by atoms with E-state index in [4.69, 9.17) is 0 Å². The Bertz CT molecular complexity index is 510. The Hall–Kier alpha value is -1.14. The van der Waals surface area contributed by atoms with Crippen LogP contribution in [0.3, 0.4) is 0 Å². The Morgan fingerprint density at radius 2 is 1.83 bits per heavy atom. The van der Waals surface area contributed by atoms with Crippen LogP contribution in [-0.4, -0.2) is 31.1 Å². The van der Waals surface area contributed by atoms with E-state index < -0.39 is 17.6 Å². The molecular formula is C17H24F4N2. The molecule has 0 radical (unpaired) electrons. The predicted molar refractivity (Wildman–Crippen MR) is 82.7 cm³/mol. The number of nitrogens with zero attached hydrogens (tertiary/aromatic N) is 1. The lowest BCUT2D eigenvalue weighted by Crippen LogP contribution is -2.46. The number of piperazine rings is 1. The van der Waals surface area contributed by atoms with Gasteiger partial charge in [-0.05, 0) is 36.1 Å². The fourth-order valence-electron chi connectivity index (χ4n) is 3.42. The van der Waals surface area contributed by atoms with Gasteiger partial charge >= 0.3 is 6.18 Å². The Balaban J connectivity index is 2.39. The highest BCUT2D eigenvalue weighted by Gasteiger charge is 2.34. The van der Waals surface area contributed by atoms with Gasteiger partial charge in [0.1, 0.15) is 5.82 Å². The van der Waals surface area contributed by atoms with E-state index in [1.807, 2.05) is 6.92 Å². The first-order chi connectivity index (χ1) is 10.8. The summed E-state index contributed by atoms with van der Waals surface area (Å²) in [5, 5.41) is 3.24. The van der Waals surface area contributed by atoms with Gasteiger partial charge in [0, 0.05) is 32.2 Å². The number of hydrogen-bond acceptors (Lipinski definition) is 2. The minimum Gasteiger partial charge on any atom is -0.314 e. The van der Waals surface area contributed by atoms with Crippen molar-refractivity contribution >= 4 is 0 Å². The number of nitrogens with one attached hydrogen (secondary N) is 1. The summed E-state index contributed by atoms with van der Waals surface area (Å²) in [6, 6.07) is 2.76. The number of hydrogen-bond donors (Lipinski definition) is 1. The Morgan fingerprint density at radius 3 is 2.39 bits per heavy atom. The second kappa shape index (κ2) is 7.62. The molecule has 2 nitrogen and oxygen atoms in total. The Kier molecular flexibility index (Phi) is 6.03. The quantitative estimate of drug-likeness (QED) is 0.812. The average Bonchev–Trinajstić information content (AvgIpc) is 2.47. The van der Waals surface area contributed by atoms with Crippen LogP contribution in [-0.2, 0) is 6.18 Å². The van der Waals surface area contributed by atoms with Crippen molar-refractivity contribution in [3.8, 4) is 0 Å². The van der Waals surface area contributed by atoms with E-state index >= 15 is 0 Å². The first-order valence-electron chi connectivity index (χ1n) is 8.15. The van der Waals surface area contributed by atoms with Crippen LogP contribution in [0.15, 0.2) is 18.2 Å². The SMILES string of the molecule is CCCC(C)[C@H](c1cc(F)cc(C(F)(F)F)c1)N1CCNCC1. The third-order valence-corrected chi connectivity index (χ3v) is 4.42. The van der Waals surface area contributed by atoms with Gasteiger partial charge in [0.2, 0.25) is 0 Å². The summed E-state index contributed by atoms with van der Waals surface area (Å²) < 4.78 is 52.8. The molecule has 1 N–H and O–H groups in total. The predicted octanol–water partition coefficient (Wildman–Crippen LogP) is 4.23. The van der Waals surface area contributed by atoms with Crippen molar-refractivity contribution in [2.45, 2.75) is 38.9 Å². The minimum atomic E-state index is -4.53. The summed E-state index contributed by atoms with van der Waals surface area (Å²) >= 11 is 0. The Morgan fingerprint density at radius 1 is 1.17 bits per heavy atom. The van der Waals surface area contributed by atoms with Gasteiger partial charge in [0.15, 0.2) is 0 Å². The van der Waals surface area contributed by atoms with E-state index in [1.165, 1.54) is 6.07 Å². The number of rotatable bonds is 5. The first kappa shape index (κ1) is 18.2. The lowest BCUT2D eigenvalue weighted by molar-refractivity contribution is -0.137. The van der Waals surface area contributed by atoms with Gasteiger partial charge in [-0.2, -0.15) is 13.2 Å². The van der Waals surface area contributed by atoms with Gasteiger partial charge < -0.3 is 5.32 Å².